The highest BCUT2D eigenvalue weighted by Crippen LogP contribution is 2.40. The summed E-state index contributed by atoms with van der Waals surface area (Å²) in [6.45, 7) is 17.6. The lowest BCUT2D eigenvalue weighted by molar-refractivity contribution is 0.206. The van der Waals surface area contributed by atoms with Crippen molar-refractivity contribution in [2.24, 2.45) is 0 Å². The SMILES string of the molecule is C=C(NC)Sc1c(PN2CCCC2(C)CN(C)C)nn(C(C)(C)C)c1C. The van der Waals surface area contributed by atoms with E-state index in [-0.39, 0.29) is 11.1 Å². The highest BCUT2D eigenvalue weighted by molar-refractivity contribution is 8.03. The first-order chi connectivity index (χ1) is 12.0. The zero-order valence-electron chi connectivity index (χ0n) is 17.7. The largest absolute Gasteiger partial charge is 0.383 e. The van der Waals surface area contributed by atoms with Crippen LogP contribution in [0, 0.1) is 6.92 Å². The summed E-state index contributed by atoms with van der Waals surface area (Å²) in [6.07, 6.45) is 2.52. The number of hydrogen-bond acceptors (Lipinski definition) is 5. The van der Waals surface area contributed by atoms with E-state index in [2.05, 4.69) is 74.9 Å². The molecule has 1 aromatic heterocycles. The average molecular weight is 398 g/mol. The molecule has 0 spiro atoms. The standard InChI is InChI=1S/C19H36N5PS/c1-14-16(26-15(2)20-7)17(21-24(14)18(3,4)5)25-23-12-10-11-19(23,6)13-22(8)9/h20,25H,2,10-13H2,1,3-9H3. The summed E-state index contributed by atoms with van der Waals surface area (Å²) in [6, 6.07) is 0. The van der Waals surface area contributed by atoms with E-state index in [0.29, 0.717) is 8.73 Å². The minimum atomic E-state index is -0.0267. The van der Waals surface area contributed by atoms with Crippen LogP contribution in [0.2, 0.25) is 0 Å². The van der Waals surface area contributed by atoms with Gasteiger partial charge in [-0.15, -0.1) is 0 Å². The summed E-state index contributed by atoms with van der Waals surface area (Å²) < 4.78 is 4.83. The summed E-state index contributed by atoms with van der Waals surface area (Å²) in [5.74, 6) is 0. The average Bonchev–Trinajstić information content (AvgIpc) is 3.01. The van der Waals surface area contributed by atoms with Crippen LogP contribution in [0.5, 0.6) is 0 Å². The third-order valence-electron chi connectivity index (χ3n) is 4.85. The highest BCUT2D eigenvalue weighted by Gasteiger charge is 2.38. The maximum Gasteiger partial charge on any atom is 0.111 e. The van der Waals surface area contributed by atoms with Crippen LogP contribution >= 0.6 is 20.5 Å². The molecule has 1 fully saturated rings. The smallest absolute Gasteiger partial charge is 0.111 e. The molecule has 0 saturated carbocycles. The van der Waals surface area contributed by atoms with E-state index in [1.54, 1.807) is 11.8 Å². The topological polar surface area (TPSA) is 36.3 Å². The predicted octanol–water partition coefficient (Wildman–Crippen LogP) is 3.36. The highest BCUT2D eigenvalue weighted by atomic mass is 32.2. The second-order valence-corrected chi connectivity index (χ2v) is 11.1. The van der Waals surface area contributed by atoms with Crippen LogP contribution in [0.3, 0.4) is 0 Å². The molecule has 7 heteroatoms. The van der Waals surface area contributed by atoms with Gasteiger partial charge in [-0.2, -0.15) is 5.10 Å². The third kappa shape index (κ3) is 4.83. The van der Waals surface area contributed by atoms with E-state index < -0.39 is 0 Å². The fraction of sp³-hybridized carbons (Fsp3) is 0.737. The van der Waals surface area contributed by atoms with Gasteiger partial charge < -0.3 is 10.2 Å². The maximum atomic E-state index is 5.06. The summed E-state index contributed by atoms with van der Waals surface area (Å²) in [7, 11) is 6.85. The molecule has 5 nitrogen and oxygen atoms in total. The van der Waals surface area contributed by atoms with Crippen molar-refractivity contribution in [2.75, 3.05) is 34.2 Å². The van der Waals surface area contributed by atoms with Crippen LogP contribution in [-0.4, -0.2) is 59.1 Å². The van der Waals surface area contributed by atoms with Gasteiger partial charge in [0.2, 0.25) is 0 Å². The van der Waals surface area contributed by atoms with Gasteiger partial charge in [-0.3, -0.25) is 9.35 Å². The van der Waals surface area contributed by atoms with Crippen molar-refractivity contribution in [3.63, 3.8) is 0 Å². The molecule has 1 aromatic rings. The number of thioether (sulfide) groups is 1. The third-order valence-corrected chi connectivity index (χ3v) is 7.77. The first-order valence-corrected chi connectivity index (χ1v) is 11.1. The Bertz CT molecular complexity index is 649. The molecule has 0 aromatic carbocycles. The summed E-state index contributed by atoms with van der Waals surface area (Å²) in [5, 5.41) is 9.19. The van der Waals surface area contributed by atoms with E-state index in [4.69, 9.17) is 5.10 Å². The quantitative estimate of drug-likeness (QED) is 0.564. The monoisotopic (exact) mass is 397 g/mol. The normalized spacial score (nSPS) is 22.0. The molecule has 0 aliphatic carbocycles. The Labute approximate surface area is 165 Å². The lowest BCUT2D eigenvalue weighted by Crippen LogP contribution is -2.45. The first kappa shape index (κ1) is 21.7. The van der Waals surface area contributed by atoms with Crippen molar-refractivity contribution in [3.8, 4) is 0 Å². The fourth-order valence-corrected chi connectivity index (χ4v) is 6.11. The molecule has 1 aliphatic heterocycles. The van der Waals surface area contributed by atoms with E-state index >= 15 is 0 Å². The number of nitrogens with zero attached hydrogens (tertiary/aromatic N) is 4. The Morgan fingerprint density at radius 2 is 2.08 bits per heavy atom. The number of hydrogen-bond donors (Lipinski definition) is 1. The van der Waals surface area contributed by atoms with Gasteiger partial charge in [0.25, 0.3) is 0 Å². The summed E-state index contributed by atoms with van der Waals surface area (Å²) in [4.78, 5) is 3.57. The van der Waals surface area contributed by atoms with Crippen LogP contribution in [0.1, 0.15) is 46.2 Å². The molecule has 0 amide bonds. The van der Waals surface area contributed by atoms with Crippen molar-refractivity contribution in [1.82, 2.24) is 24.7 Å². The predicted molar refractivity (Wildman–Crippen MR) is 117 cm³/mol. The minimum absolute atomic E-state index is 0.0267. The van der Waals surface area contributed by atoms with Gasteiger partial charge in [0.05, 0.1) is 21.2 Å². The lowest BCUT2D eigenvalue weighted by atomic mass is 10.0. The minimum Gasteiger partial charge on any atom is -0.383 e. The van der Waals surface area contributed by atoms with Gasteiger partial charge in [0.1, 0.15) is 5.44 Å². The Hall–Kier alpha value is -0.550. The molecule has 148 valence electrons. The zero-order chi connectivity index (χ0) is 19.7. The molecule has 1 saturated heterocycles. The second kappa shape index (κ2) is 8.22. The lowest BCUT2D eigenvalue weighted by Gasteiger charge is -2.37. The Balaban J connectivity index is 2.36. The van der Waals surface area contributed by atoms with Crippen molar-refractivity contribution in [3.05, 3.63) is 17.3 Å². The van der Waals surface area contributed by atoms with Gasteiger partial charge in [-0.25, -0.2) is 0 Å². The molecular weight excluding hydrogens is 361 g/mol. The Morgan fingerprint density at radius 3 is 2.62 bits per heavy atom. The van der Waals surface area contributed by atoms with Gasteiger partial charge >= 0.3 is 0 Å². The molecular formula is C19H36N5PS. The zero-order valence-corrected chi connectivity index (χ0v) is 19.5. The molecule has 1 N–H and O–H groups in total. The number of rotatable bonds is 7. The van der Waals surface area contributed by atoms with Gasteiger partial charge in [-0.05, 0) is 61.6 Å². The maximum absolute atomic E-state index is 5.06. The van der Waals surface area contributed by atoms with Crippen molar-refractivity contribution >= 4 is 25.9 Å². The molecule has 1 aliphatic rings. The van der Waals surface area contributed by atoms with Crippen LogP contribution < -0.4 is 10.8 Å². The number of aromatic nitrogens is 2. The molecule has 0 radical (unpaired) electrons. The van der Waals surface area contributed by atoms with Gasteiger partial charge in [-0.1, -0.05) is 18.3 Å². The van der Waals surface area contributed by atoms with E-state index in [1.807, 2.05) is 7.05 Å². The summed E-state index contributed by atoms with van der Waals surface area (Å²) in [5.41, 5.74) is 2.63. The Morgan fingerprint density at radius 1 is 1.42 bits per heavy atom. The first-order valence-electron chi connectivity index (χ1n) is 9.31. The molecule has 2 rings (SSSR count). The van der Waals surface area contributed by atoms with Crippen LogP contribution in [0.4, 0.5) is 0 Å². The molecule has 2 heterocycles. The molecule has 2 atom stereocenters. The van der Waals surface area contributed by atoms with Crippen molar-refractivity contribution in [2.45, 2.75) is 63.4 Å². The Kier molecular flexibility index (Phi) is 6.87. The van der Waals surface area contributed by atoms with E-state index in [1.165, 1.54) is 28.9 Å². The summed E-state index contributed by atoms with van der Waals surface area (Å²) >= 11 is 1.71. The van der Waals surface area contributed by atoms with E-state index in [9.17, 15) is 0 Å². The van der Waals surface area contributed by atoms with Gasteiger partial charge in [0, 0.05) is 34.4 Å². The van der Waals surface area contributed by atoms with Crippen LogP contribution in [0.25, 0.3) is 0 Å². The molecule has 0 bridgehead atoms. The second-order valence-electron chi connectivity index (χ2n) is 8.72. The number of nitrogens with one attached hydrogen (secondary N) is 1. The van der Waals surface area contributed by atoms with Crippen LogP contribution in [-0.2, 0) is 5.54 Å². The molecule has 26 heavy (non-hydrogen) atoms. The van der Waals surface area contributed by atoms with E-state index in [0.717, 1.165) is 18.1 Å². The fourth-order valence-electron chi connectivity index (χ4n) is 3.70. The van der Waals surface area contributed by atoms with Crippen LogP contribution in [0.15, 0.2) is 16.5 Å². The number of likely N-dealkylation sites (N-methyl/N-ethyl adjacent to an activating group) is 1. The van der Waals surface area contributed by atoms with Crippen molar-refractivity contribution in [1.29, 1.82) is 0 Å². The van der Waals surface area contributed by atoms with Gasteiger partial charge in [0.15, 0.2) is 0 Å². The molecule has 2 unspecified atom stereocenters. The van der Waals surface area contributed by atoms with Crippen molar-refractivity contribution < 1.29 is 0 Å².